The molecule has 1 aliphatic heterocycles. The largest absolute Gasteiger partial charge is 0.293 e. The maximum atomic E-state index is 4.98. The van der Waals surface area contributed by atoms with E-state index in [1.54, 1.807) is 0 Å². The van der Waals surface area contributed by atoms with Gasteiger partial charge in [-0.15, -0.1) is 10.2 Å². The van der Waals surface area contributed by atoms with Crippen molar-refractivity contribution in [2.45, 2.75) is 45.4 Å². The second kappa shape index (κ2) is 9.64. The van der Waals surface area contributed by atoms with Crippen molar-refractivity contribution in [2.24, 2.45) is 0 Å². The fourth-order valence-corrected chi connectivity index (χ4v) is 8.49. The average Bonchev–Trinajstić information content (AvgIpc) is 3.71. The third-order valence-electron chi connectivity index (χ3n) is 11.3. The van der Waals surface area contributed by atoms with Gasteiger partial charge in [-0.2, -0.15) is 0 Å². The Bertz CT molecular complexity index is 2850. The van der Waals surface area contributed by atoms with Crippen molar-refractivity contribution in [3.05, 3.63) is 149 Å². The van der Waals surface area contributed by atoms with Crippen LogP contribution in [0.3, 0.4) is 0 Å². The summed E-state index contributed by atoms with van der Waals surface area (Å²) in [7, 11) is 0. The van der Waals surface area contributed by atoms with E-state index in [0.29, 0.717) is 0 Å². The molecular formula is C44H35N5. The van der Waals surface area contributed by atoms with Gasteiger partial charge in [0.15, 0.2) is 11.5 Å². The number of aryl methyl sites for hydroxylation is 1. The van der Waals surface area contributed by atoms with Gasteiger partial charge in [0.2, 0.25) is 0 Å². The summed E-state index contributed by atoms with van der Waals surface area (Å²) in [6, 6.07) is 42.0. The number of hydrogen-bond acceptors (Lipinski definition) is 3. The summed E-state index contributed by atoms with van der Waals surface area (Å²) in [6.45, 7) is 11.4. The molecule has 0 saturated carbocycles. The molecule has 0 aliphatic carbocycles. The summed E-state index contributed by atoms with van der Waals surface area (Å²) in [5, 5.41) is 15.6. The second-order valence-electron chi connectivity index (χ2n) is 14.7. The first-order chi connectivity index (χ1) is 23.7. The van der Waals surface area contributed by atoms with E-state index in [2.05, 4.69) is 159 Å². The van der Waals surface area contributed by atoms with E-state index >= 15 is 0 Å². The molecule has 5 heterocycles. The lowest BCUT2D eigenvalue weighted by molar-refractivity contribution is 0.624. The lowest BCUT2D eigenvalue weighted by Gasteiger charge is -2.33. The van der Waals surface area contributed by atoms with Crippen molar-refractivity contribution in [1.29, 1.82) is 0 Å². The van der Waals surface area contributed by atoms with Gasteiger partial charge in [-0.05, 0) is 58.8 Å². The van der Waals surface area contributed by atoms with E-state index in [9.17, 15) is 0 Å². The fraction of sp³-hybridized carbons (Fsp3) is 0.159. The summed E-state index contributed by atoms with van der Waals surface area (Å²) in [5.74, 6) is 1.89. The molecule has 9 aromatic rings. The molecular weight excluding hydrogens is 599 g/mol. The van der Waals surface area contributed by atoms with Crippen molar-refractivity contribution in [3.63, 3.8) is 0 Å². The van der Waals surface area contributed by atoms with E-state index < -0.39 is 0 Å². The van der Waals surface area contributed by atoms with Crippen LogP contribution in [0.15, 0.2) is 121 Å². The zero-order valence-electron chi connectivity index (χ0n) is 28.3. The molecule has 236 valence electrons. The highest BCUT2D eigenvalue weighted by molar-refractivity contribution is 6.13. The number of rotatable bonds is 3. The van der Waals surface area contributed by atoms with Crippen LogP contribution in [0.5, 0.6) is 0 Å². The van der Waals surface area contributed by atoms with Gasteiger partial charge in [0, 0.05) is 49.7 Å². The molecule has 10 rings (SSSR count). The quantitative estimate of drug-likeness (QED) is 0.182. The Balaban J connectivity index is 1.21. The second-order valence-corrected chi connectivity index (χ2v) is 14.7. The predicted octanol–water partition coefficient (Wildman–Crippen LogP) is 10.5. The Labute approximate surface area is 284 Å². The van der Waals surface area contributed by atoms with Crippen LogP contribution < -0.4 is 0 Å². The molecule has 0 amide bonds. The van der Waals surface area contributed by atoms with Gasteiger partial charge in [0.1, 0.15) is 5.82 Å². The highest BCUT2D eigenvalue weighted by Gasteiger charge is 2.36. The number of para-hydroxylation sites is 2. The minimum atomic E-state index is -0.301. The first kappa shape index (κ1) is 28.2. The number of hydrogen-bond donors (Lipinski definition) is 0. The summed E-state index contributed by atoms with van der Waals surface area (Å²) >= 11 is 0. The van der Waals surface area contributed by atoms with Crippen LogP contribution in [0.25, 0.3) is 66.3 Å². The van der Waals surface area contributed by atoms with Crippen LogP contribution in [0.4, 0.5) is 0 Å². The molecule has 0 bridgehead atoms. The lowest BCUT2D eigenvalue weighted by atomic mass is 9.76. The van der Waals surface area contributed by atoms with Crippen LogP contribution >= 0.6 is 0 Å². The Hall–Kier alpha value is -5.81. The van der Waals surface area contributed by atoms with Gasteiger partial charge in [-0.3, -0.25) is 8.97 Å². The fourth-order valence-electron chi connectivity index (χ4n) is 8.49. The zero-order chi connectivity index (χ0) is 33.2. The smallest absolute Gasteiger partial charge is 0.169 e. The summed E-state index contributed by atoms with van der Waals surface area (Å²) in [6.07, 6.45) is 1.92. The molecule has 0 saturated heterocycles. The number of benzene rings is 5. The number of fused-ring (bicyclic) bond motifs is 11. The van der Waals surface area contributed by atoms with Crippen molar-refractivity contribution in [1.82, 2.24) is 24.1 Å². The summed E-state index contributed by atoms with van der Waals surface area (Å²) < 4.78 is 4.64. The normalized spacial score (nSPS) is 14.0. The Morgan fingerprint density at radius 1 is 0.612 bits per heavy atom. The van der Waals surface area contributed by atoms with Gasteiger partial charge in [-0.25, -0.2) is 4.98 Å². The first-order valence-corrected chi connectivity index (χ1v) is 17.1. The number of pyridine rings is 2. The SMILES string of the molecule is Cc1ccccc1-c1nnc2c3cc(C(C)(C)c4ccc5c6cccc7c6n(c5c4)-c4ncccc4C7(C)C)ccc3c3ccccc3n12. The average molecular weight is 634 g/mol. The van der Waals surface area contributed by atoms with E-state index in [1.807, 2.05) is 6.20 Å². The van der Waals surface area contributed by atoms with Crippen molar-refractivity contribution < 1.29 is 0 Å². The molecule has 0 radical (unpaired) electrons. The van der Waals surface area contributed by atoms with Crippen molar-refractivity contribution >= 4 is 49.1 Å². The van der Waals surface area contributed by atoms with Gasteiger partial charge in [0.05, 0.1) is 16.6 Å². The van der Waals surface area contributed by atoms with Crippen LogP contribution in [-0.2, 0) is 10.8 Å². The number of nitrogens with zero attached hydrogens (tertiary/aromatic N) is 5. The molecule has 49 heavy (non-hydrogen) atoms. The lowest BCUT2D eigenvalue weighted by Crippen LogP contribution is -2.27. The molecule has 5 aromatic carbocycles. The molecule has 5 nitrogen and oxygen atoms in total. The van der Waals surface area contributed by atoms with Gasteiger partial charge < -0.3 is 0 Å². The van der Waals surface area contributed by atoms with Gasteiger partial charge in [-0.1, -0.05) is 119 Å². The van der Waals surface area contributed by atoms with Crippen LogP contribution in [0.1, 0.15) is 55.5 Å². The van der Waals surface area contributed by atoms with E-state index in [4.69, 9.17) is 15.2 Å². The molecule has 0 atom stereocenters. The molecule has 0 fully saturated rings. The van der Waals surface area contributed by atoms with E-state index in [0.717, 1.165) is 33.8 Å². The zero-order valence-corrected chi connectivity index (χ0v) is 28.3. The minimum absolute atomic E-state index is 0.142. The Morgan fingerprint density at radius 2 is 1.33 bits per heavy atom. The number of aromatic nitrogens is 5. The van der Waals surface area contributed by atoms with Crippen LogP contribution in [0.2, 0.25) is 0 Å². The molecule has 4 aromatic heterocycles. The maximum absolute atomic E-state index is 4.98. The Kier molecular flexibility index (Phi) is 5.55. The monoisotopic (exact) mass is 633 g/mol. The highest BCUT2D eigenvalue weighted by Crippen LogP contribution is 2.47. The Morgan fingerprint density at radius 3 is 2.18 bits per heavy atom. The minimum Gasteiger partial charge on any atom is -0.293 e. The summed E-state index contributed by atoms with van der Waals surface area (Å²) in [5.41, 5.74) is 11.3. The van der Waals surface area contributed by atoms with Gasteiger partial charge >= 0.3 is 0 Å². The molecule has 5 heteroatoms. The van der Waals surface area contributed by atoms with Crippen molar-refractivity contribution in [2.75, 3.05) is 0 Å². The van der Waals surface area contributed by atoms with Crippen LogP contribution in [-0.4, -0.2) is 24.1 Å². The predicted molar refractivity (Wildman–Crippen MR) is 201 cm³/mol. The first-order valence-electron chi connectivity index (χ1n) is 17.1. The molecule has 1 aliphatic rings. The highest BCUT2D eigenvalue weighted by atomic mass is 15.2. The van der Waals surface area contributed by atoms with Gasteiger partial charge in [0.25, 0.3) is 0 Å². The van der Waals surface area contributed by atoms with E-state index in [1.165, 1.54) is 60.4 Å². The van der Waals surface area contributed by atoms with E-state index in [-0.39, 0.29) is 10.8 Å². The molecule has 0 unspecified atom stereocenters. The third-order valence-corrected chi connectivity index (χ3v) is 11.3. The molecule has 0 N–H and O–H groups in total. The topological polar surface area (TPSA) is 48.0 Å². The third kappa shape index (κ3) is 3.67. The van der Waals surface area contributed by atoms with Crippen molar-refractivity contribution in [3.8, 4) is 17.2 Å². The maximum Gasteiger partial charge on any atom is 0.169 e. The van der Waals surface area contributed by atoms with Crippen LogP contribution in [0, 0.1) is 6.92 Å². The standard InChI is InChI=1S/C44H35N5/c1-26-12-6-7-13-29(26)40-46-47-41-34-24-27(19-21-30(34)31-14-8-9-18-37(31)49(40)41)43(2,3)28-20-22-32-33-15-10-16-35-39(33)48(38(32)25-28)42-36(44(35,4)5)17-11-23-45-42/h6-25H,1-5H3. The molecule has 0 spiro atoms. The summed E-state index contributed by atoms with van der Waals surface area (Å²) in [4.78, 5) is 4.98.